The van der Waals surface area contributed by atoms with Crippen molar-refractivity contribution in [3.8, 4) is 0 Å². The van der Waals surface area contributed by atoms with Crippen LogP contribution < -0.4 is 5.32 Å². The van der Waals surface area contributed by atoms with E-state index in [4.69, 9.17) is 0 Å². The third-order valence-corrected chi connectivity index (χ3v) is 5.87. The molecule has 0 amide bonds. The molecule has 0 spiro atoms. The van der Waals surface area contributed by atoms with Gasteiger partial charge in [0.05, 0.1) is 0 Å². The lowest BCUT2D eigenvalue weighted by molar-refractivity contribution is 0.257. The van der Waals surface area contributed by atoms with Crippen molar-refractivity contribution in [2.24, 2.45) is 5.92 Å². The summed E-state index contributed by atoms with van der Waals surface area (Å²) < 4.78 is 0. The summed E-state index contributed by atoms with van der Waals surface area (Å²) in [4.78, 5) is 1.63. The number of thiophene rings is 1. The second-order valence-corrected chi connectivity index (χ2v) is 7.10. The highest BCUT2D eigenvalue weighted by Gasteiger charge is 2.26. The zero-order valence-corrected chi connectivity index (χ0v) is 12.3. The molecule has 1 saturated carbocycles. The van der Waals surface area contributed by atoms with E-state index in [9.17, 15) is 0 Å². The van der Waals surface area contributed by atoms with Crippen LogP contribution in [0.1, 0.15) is 68.4 Å². The highest BCUT2D eigenvalue weighted by molar-refractivity contribution is 7.10. The summed E-state index contributed by atoms with van der Waals surface area (Å²) in [6.45, 7) is 2.41. The topological polar surface area (TPSA) is 12.0 Å². The fraction of sp³-hybridized carbons (Fsp3) is 0.750. The minimum atomic E-state index is 0.636. The van der Waals surface area contributed by atoms with Gasteiger partial charge in [0.1, 0.15) is 0 Å². The molecule has 1 nitrogen and oxygen atoms in total. The Labute approximate surface area is 115 Å². The Bertz CT molecular complexity index is 378. The van der Waals surface area contributed by atoms with E-state index >= 15 is 0 Å². The molecule has 1 heterocycles. The molecule has 0 bridgehead atoms. The second kappa shape index (κ2) is 5.75. The van der Waals surface area contributed by atoms with Crippen LogP contribution in [0.5, 0.6) is 0 Å². The van der Waals surface area contributed by atoms with Crippen LogP contribution in [0.2, 0.25) is 0 Å². The normalized spacial score (nSPS) is 26.8. The maximum Gasteiger partial charge on any atom is 0.0333 e. The van der Waals surface area contributed by atoms with E-state index in [1.54, 1.807) is 10.4 Å². The van der Waals surface area contributed by atoms with Crippen LogP contribution in [-0.4, -0.2) is 6.04 Å². The molecule has 100 valence electrons. The van der Waals surface area contributed by atoms with E-state index in [-0.39, 0.29) is 0 Å². The summed E-state index contributed by atoms with van der Waals surface area (Å²) >= 11 is 1.95. The van der Waals surface area contributed by atoms with Crippen molar-refractivity contribution in [3.05, 3.63) is 21.9 Å². The van der Waals surface area contributed by atoms with E-state index in [0.29, 0.717) is 12.1 Å². The maximum atomic E-state index is 3.94. The quantitative estimate of drug-likeness (QED) is 0.834. The molecule has 0 radical (unpaired) electrons. The third kappa shape index (κ3) is 2.65. The van der Waals surface area contributed by atoms with Gasteiger partial charge in [0.2, 0.25) is 0 Å². The van der Waals surface area contributed by atoms with Gasteiger partial charge in [0.15, 0.2) is 0 Å². The molecule has 0 aliphatic heterocycles. The number of hydrogen-bond donors (Lipinski definition) is 1. The summed E-state index contributed by atoms with van der Waals surface area (Å²) in [5.74, 6) is 0.919. The minimum absolute atomic E-state index is 0.636. The summed E-state index contributed by atoms with van der Waals surface area (Å²) in [5.41, 5.74) is 1.61. The number of fused-ring (bicyclic) bond motifs is 1. The highest BCUT2D eigenvalue weighted by atomic mass is 32.1. The van der Waals surface area contributed by atoms with Gasteiger partial charge in [-0.3, -0.25) is 0 Å². The first-order valence-electron chi connectivity index (χ1n) is 7.67. The van der Waals surface area contributed by atoms with Crippen molar-refractivity contribution in [1.29, 1.82) is 0 Å². The van der Waals surface area contributed by atoms with Crippen LogP contribution in [-0.2, 0) is 6.42 Å². The second-order valence-electron chi connectivity index (χ2n) is 6.10. The molecule has 1 aromatic heterocycles. The van der Waals surface area contributed by atoms with Crippen molar-refractivity contribution in [1.82, 2.24) is 5.32 Å². The molecule has 3 rings (SSSR count). The van der Waals surface area contributed by atoms with Crippen LogP contribution >= 0.6 is 11.3 Å². The summed E-state index contributed by atoms with van der Waals surface area (Å²) in [5, 5.41) is 6.21. The largest absolute Gasteiger partial charge is 0.307 e. The number of hydrogen-bond acceptors (Lipinski definition) is 2. The molecule has 1 fully saturated rings. The van der Waals surface area contributed by atoms with Gasteiger partial charge in [0.25, 0.3) is 0 Å². The average Bonchev–Trinajstić information content (AvgIpc) is 2.89. The Balaban J connectivity index is 1.63. The van der Waals surface area contributed by atoms with Crippen LogP contribution in [0.25, 0.3) is 0 Å². The molecule has 2 aliphatic carbocycles. The number of nitrogens with one attached hydrogen (secondary N) is 1. The van der Waals surface area contributed by atoms with Gasteiger partial charge in [-0.25, -0.2) is 0 Å². The van der Waals surface area contributed by atoms with E-state index < -0.39 is 0 Å². The van der Waals surface area contributed by atoms with Gasteiger partial charge in [0, 0.05) is 17.0 Å². The monoisotopic (exact) mass is 263 g/mol. The molecule has 2 heteroatoms. The van der Waals surface area contributed by atoms with Crippen molar-refractivity contribution < 1.29 is 0 Å². The highest BCUT2D eigenvalue weighted by Crippen LogP contribution is 2.35. The molecule has 1 unspecified atom stereocenters. The molecule has 1 aromatic rings. The van der Waals surface area contributed by atoms with Crippen LogP contribution in [0.4, 0.5) is 0 Å². The smallest absolute Gasteiger partial charge is 0.0333 e. The summed E-state index contributed by atoms with van der Waals surface area (Å²) in [6.07, 6.45) is 11.2. The van der Waals surface area contributed by atoms with Gasteiger partial charge in [-0.1, -0.05) is 19.3 Å². The third-order valence-electron chi connectivity index (χ3n) is 4.87. The van der Waals surface area contributed by atoms with Gasteiger partial charge in [-0.15, -0.1) is 11.3 Å². The van der Waals surface area contributed by atoms with Crippen molar-refractivity contribution in [3.63, 3.8) is 0 Å². The van der Waals surface area contributed by atoms with Crippen molar-refractivity contribution in [2.75, 3.05) is 0 Å². The summed E-state index contributed by atoms with van der Waals surface area (Å²) in [7, 11) is 0. The van der Waals surface area contributed by atoms with Gasteiger partial charge in [-0.2, -0.15) is 0 Å². The molecule has 0 saturated heterocycles. The lowest BCUT2D eigenvalue weighted by Crippen LogP contribution is -2.38. The predicted molar refractivity (Wildman–Crippen MR) is 79.2 cm³/mol. The first-order valence-corrected chi connectivity index (χ1v) is 8.55. The SMILES string of the molecule is C[C@H](NC1CCCc2sccc21)C1CCCCC1. The zero-order chi connectivity index (χ0) is 12.4. The molecular weight excluding hydrogens is 238 g/mol. The molecule has 2 atom stereocenters. The first kappa shape index (κ1) is 12.7. The molecule has 0 aromatic carbocycles. The minimum Gasteiger partial charge on any atom is -0.307 e. The van der Waals surface area contributed by atoms with Gasteiger partial charge < -0.3 is 5.32 Å². The summed E-state index contributed by atoms with van der Waals surface area (Å²) in [6, 6.07) is 3.68. The van der Waals surface area contributed by atoms with E-state index in [1.807, 2.05) is 11.3 Å². The van der Waals surface area contributed by atoms with E-state index in [1.165, 1.54) is 51.4 Å². The number of aryl methyl sites for hydroxylation is 1. The number of rotatable bonds is 3. The zero-order valence-electron chi connectivity index (χ0n) is 11.5. The Morgan fingerprint density at radius 1 is 1.17 bits per heavy atom. The molecule has 2 aliphatic rings. The van der Waals surface area contributed by atoms with Gasteiger partial charge >= 0.3 is 0 Å². The Kier molecular flexibility index (Phi) is 4.05. The molecular formula is C16H25NS. The fourth-order valence-electron chi connectivity index (χ4n) is 3.75. The molecule has 18 heavy (non-hydrogen) atoms. The Hall–Kier alpha value is -0.340. The van der Waals surface area contributed by atoms with E-state index in [0.717, 1.165) is 5.92 Å². The van der Waals surface area contributed by atoms with Crippen LogP contribution in [0.15, 0.2) is 11.4 Å². The molecule has 1 N–H and O–H groups in total. The van der Waals surface area contributed by atoms with Crippen LogP contribution in [0, 0.1) is 5.92 Å². The average molecular weight is 263 g/mol. The van der Waals surface area contributed by atoms with Gasteiger partial charge in [-0.05, 0) is 62.0 Å². The van der Waals surface area contributed by atoms with Crippen molar-refractivity contribution >= 4 is 11.3 Å². The van der Waals surface area contributed by atoms with Crippen LogP contribution in [0.3, 0.4) is 0 Å². The fourth-order valence-corrected chi connectivity index (χ4v) is 4.73. The maximum absolute atomic E-state index is 3.94. The predicted octanol–water partition coefficient (Wildman–Crippen LogP) is 4.68. The standard InChI is InChI=1S/C16H25NS/c1-12(13-6-3-2-4-7-13)17-15-8-5-9-16-14(15)10-11-18-16/h10-13,15,17H,2-9H2,1H3/t12-,15?/m0/s1. The lowest BCUT2D eigenvalue weighted by atomic mass is 9.83. The Morgan fingerprint density at radius 3 is 2.83 bits per heavy atom. The first-order chi connectivity index (χ1) is 8.84. The lowest BCUT2D eigenvalue weighted by Gasteiger charge is -2.33. The van der Waals surface area contributed by atoms with Crippen molar-refractivity contribution in [2.45, 2.75) is 70.4 Å². The van der Waals surface area contributed by atoms with E-state index in [2.05, 4.69) is 23.7 Å². The Morgan fingerprint density at radius 2 is 2.00 bits per heavy atom.